The van der Waals surface area contributed by atoms with Crippen LogP contribution in [0.15, 0.2) is 23.1 Å². The van der Waals surface area contributed by atoms with Crippen LogP contribution < -0.4 is 10.0 Å². The SMILES string of the molecule is CCNS(=O)(=O)c1ccc(C)c(C(=O)NCCOCCOC)c1. The maximum Gasteiger partial charge on any atom is 0.251 e. The molecule has 0 aliphatic rings. The van der Waals surface area contributed by atoms with Crippen LogP contribution in [0.1, 0.15) is 22.8 Å². The summed E-state index contributed by atoms with van der Waals surface area (Å²) in [4.78, 5) is 12.3. The minimum absolute atomic E-state index is 0.0754. The Morgan fingerprint density at radius 1 is 1.22 bits per heavy atom. The molecule has 0 bridgehead atoms. The van der Waals surface area contributed by atoms with Crippen LogP contribution in [0.25, 0.3) is 0 Å². The third kappa shape index (κ3) is 6.26. The van der Waals surface area contributed by atoms with Gasteiger partial charge in [-0.2, -0.15) is 0 Å². The number of ether oxygens (including phenoxy) is 2. The van der Waals surface area contributed by atoms with Crippen LogP contribution in [0.5, 0.6) is 0 Å². The maximum atomic E-state index is 12.2. The fourth-order valence-electron chi connectivity index (χ4n) is 1.86. The molecule has 23 heavy (non-hydrogen) atoms. The first-order valence-corrected chi connectivity index (χ1v) is 8.86. The summed E-state index contributed by atoms with van der Waals surface area (Å²) in [6.45, 7) is 5.40. The zero-order chi connectivity index (χ0) is 17.3. The molecule has 0 aromatic heterocycles. The summed E-state index contributed by atoms with van der Waals surface area (Å²) in [6.07, 6.45) is 0. The summed E-state index contributed by atoms with van der Waals surface area (Å²) >= 11 is 0. The van der Waals surface area contributed by atoms with Crippen molar-refractivity contribution < 1.29 is 22.7 Å². The minimum Gasteiger partial charge on any atom is -0.382 e. The van der Waals surface area contributed by atoms with Crippen LogP contribution in [-0.2, 0) is 19.5 Å². The van der Waals surface area contributed by atoms with Gasteiger partial charge >= 0.3 is 0 Å². The van der Waals surface area contributed by atoms with Gasteiger partial charge in [0, 0.05) is 25.8 Å². The third-order valence-electron chi connectivity index (χ3n) is 3.06. The van der Waals surface area contributed by atoms with Crippen LogP contribution in [0.3, 0.4) is 0 Å². The van der Waals surface area contributed by atoms with Gasteiger partial charge in [0.15, 0.2) is 0 Å². The number of hydrogen-bond donors (Lipinski definition) is 2. The quantitative estimate of drug-likeness (QED) is 0.609. The molecule has 0 aliphatic carbocycles. The lowest BCUT2D eigenvalue weighted by Gasteiger charge is -2.11. The van der Waals surface area contributed by atoms with Gasteiger partial charge in [0.1, 0.15) is 0 Å². The molecular weight excluding hydrogens is 320 g/mol. The van der Waals surface area contributed by atoms with Crippen molar-refractivity contribution in [3.8, 4) is 0 Å². The van der Waals surface area contributed by atoms with Gasteiger partial charge in [0.05, 0.1) is 24.7 Å². The molecule has 0 unspecified atom stereocenters. The van der Waals surface area contributed by atoms with E-state index in [1.54, 1.807) is 27.0 Å². The predicted molar refractivity (Wildman–Crippen MR) is 87.1 cm³/mol. The Balaban J connectivity index is 2.70. The largest absolute Gasteiger partial charge is 0.382 e. The van der Waals surface area contributed by atoms with Gasteiger partial charge in [-0.3, -0.25) is 4.79 Å². The van der Waals surface area contributed by atoms with Crippen molar-refractivity contribution in [2.45, 2.75) is 18.7 Å². The molecule has 0 atom stereocenters. The van der Waals surface area contributed by atoms with Crippen molar-refractivity contribution >= 4 is 15.9 Å². The van der Waals surface area contributed by atoms with Gasteiger partial charge in [-0.1, -0.05) is 13.0 Å². The molecule has 0 fully saturated rings. The molecule has 0 aliphatic heterocycles. The highest BCUT2D eigenvalue weighted by Gasteiger charge is 2.17. The molecule has 0 radical (unpaired) electrons. The van der Waals surface area contributed by atoms with Crippen LogP contribution in [0.4, 0.5) is 0 Å². The Kier molecular flexibility index (Phi) is 8.18. The van der Waals surface area contributed by atoms with Gasteiger partial charge in [0.25, 0.3) is 5.91 Å². The van der Waals surface area contributed by atoms with Crippen LogP contribution in [0, 0.1) is 6.92 Å². The first-order valence-electron chi connectivity index (χ1n) is 7.37. The Hall–Kier alpha value is -1.48. The number of methoxy groups -OCH3 is 1. The number of nitrogens with one attached hydrogen (secondary N) is 2. The second-order valence-electron chi connectivity index (χ2n) is 4.84. The normalized spacial score (nSPS) is 11.4. The van der Waals surface area contributed by atoms with Gasteiger partial charge in [0.2, 0.25) is 10.0 Å². The molecule has 0 saturated carbocycles. The van der Waals surface area contributed by atoms with E-state index in [0.29, 0.717) is 37.5 Å². The molecule has 1 rings (SSSR count). The summed E-state index contributed by atoms with van der Waals surface area (Å²) in [5.74, 6) is -0.327. The number of carbonyl (C=O) groups is 1. The van der Waals surface area contributed by atoms with Crippen molar-refractivity contribution in [1.29, 1.82) is 0 Å². The molecule has 0 heterocycles. The monoisotopic (exact) mass is 344 g/mol. The molecule has 2 N–H and O–H groups in total. The summed E-state index contributed by atoms with van der Waals surface area (Å²) in [5, 5.41) is 2.71. The van der Waals surface area contributed by atoms with Crippen molar-refractivity contribution in [1.82, 2.24) is 10.0 Å². The average molecular weight is 344 g/mol. The zero-order valence-electron chi connectivity index (χ0n) is 13.7. The lowest BCUT2D eigenvalue weighted by molar-refractivity contribution is 0.0692. The Labute approximate surface area is 137 Å². The zero-order valence-corrected chi connectivity index (χ0v) is 14.5. The van der Waals surface area contributed by atoms with Gasteiger partial charge in [-0.25, -0.2) is 13.1 Å². The number of carbonyl (C=O) groups excluding carboxylic acids is 1. The van der Waals surface area contributed by atoms with Crippen molar-refractivity contribution in [2.24, 2.45) is 0 Å². The highest BCUT2D eigenvalue weighted by Crippen LogP contribution is 2.15. The first kappa shape index (κ1) is 19.6. The Bertz CT molecular complexity index is 616. The maximum absolute atomic E-state index is 12.2. The number of amides is 1. The van der Waals surface area contributed by atoms with E-state index in [0.717, 1.165) is 0 Å². The topological polar surface area (TPSA) is 93.7 Å². The van der Waals surface area contributed by atoms with Crippen LogP contribution in [0.2, 0.25) is 0 Å². The smallest absolute Gasteiger partial charge is 0.251 e. The summed E-state index contributed by atoms with van der Waals surface area (Å²) in [7, 11) is -2.00. The number of hydrogen-bond acceptors (Lipinski definition) is 5. The van der Waals surface area contributed by atoms with Gasteiger partial charge in [-0.05, 0) is 24.6 Å². The van der Waals surface area contributed by atoms with E-state index >= 15 is 0 Å². The van der Waals surface area contributed by atoms with Gasteiger partial charge < -0.3 is 14.8 Å². The third-order valence-corrected chi connectivity index (χ3v) is 4.61. The standard InChI is InChI=1S/C15H24N2O5S/c1-4-17-23(19,20)13-6-5-12(2)14(11-13)15(18)16-7-8-22-10-9-21-3/h5-6,11,17H,4,7-10H2,1-3H3,(H,16,18). The summed E-state index contributed by atoms with van der Waals surface area (Å²) in [6, 6.07) is 4.49. The molecule has 1 aromatic rings. The van der Waals surface area contributed by atoms with Crippen molar-refractivity contribution in [3.63, 3.8) is 0 Å². The van der Waals surface area contributed by atoms with Crippen molar-refractivity contribution in [3.05, 3.63) is 29.3 Å². The molecule has 7 nitrogen and oxygen atoms in total. The van der Waals surface area contributed by atoms with E-state index in [1.807, 2.05) is 0 Å². The fraction of sp³-hybridized carbons (Fsp3) is 0.533. The highest BCUT2D eigenvalue weighted by atomic mass is 32.2. The van der Waals surface area contributed by atoms with E-state index in [9.17, 15) is 13.2 Å². The first-order chi connectivity index (χ1) is 10.9. The number of aryl methyl sites for hydroxylation is 1. The van der Waals surface area contributed by atoms with Crippen LogP contribution >= 0.6 is 0 Å². The molecule has 130 valence electrons. The number of sulfonamides is 1. The molecular formula is C15H24N2O5S. The van der Waals surface area contributed by atoms with Gasteiger partial charge in [-0.15, -0.1) is 0 Å². The summed E-state index contributed by atoms with van der Waals surface area (Å²) in [5.41, 5.74) is 1.04. The lowest BCUT2D eigenvalue weighted by atomic mass is 10.1. The van der Waals surface area contributed by atoms with E-state index in [2.05, 4.69) is 10.0 Å². The predicted octanol–water partition coefficient (Wildman–Crippen LogP) is 0.686. The van der Waals surface area contributed by atoms with Crippen molar-refractivity contribution in [2.75, 3.05) is 40.0 Å². The lowest BCUT2D eigenvalue weighted by Crippen LogP contribution is -2.29. The Morgan fingerprint density at radius 3 is 2.61 bits per heavy atom. The number of benzene rings is 1. The number of rotatable bonds is 10. The van der Waals surface area contributed by atoms with E-state index in [1.165, 1.54) is 12.1 Å². The molecule has 0 saturated heterocycles. The van der Waals surface area contributed by atoms with E-state index in [-0.39, 0.29) is 17.3 Å². The molecule has 1 aromatic carbocycles. The van der Waals surface area contributed by atoms with E-state index in [4.69, 9.17) is 9.47 Å². The second-order valence-corrected chi connectivity index (χ2v) is 6.61. The van der Waals surface area contributed by atoms with E-state index < -0.39 is 10.0 Å². The summed E-state index contributed by atoms with van der Waals surface area (Å²) < 4.78 is 36.5. The van der Waals surface area contributed by atoms with Crippen LogP contribution in [-0.4, -0.2) is 54.3 Å². The molecule has 1 amide bonds. The molecule has 8 heteroatoms. The fourth-order valence-corrected chi connectivity index (χ4v) is 2.93. The minimum atomic E-state index is -3.59. The Morgan fingerprint density at radius 2 is 1.96 bits per heavy atom. The highest BCUT2D eigenvalue weighted by molar-refractivity contribution is 7.89. The second kappa shape index (κ2) is 9.61. The average Bonchev–Trinajstić information content (AvgIpc) is 2.50. The molecule has 0 spiro atoms.